The third kappa shape index (κ3) is 6.72. The zero-order valence-electron chi connectivity index (χ0n) is 17.0. The van der Waals surface area contributed by atoms with E-state index in [9.17, 15) is 25.0 Å². The summed E-state index contributed by atoms with van der Waals surface area (Å²) in [6.07, 6.45) is 2.09. The standard InChI is InChI=1S/C19H19N5O8S/c20-8-16(19(25)22-18-7-13-5-6-21-9-17(13)33-18)12-1-3-14(4-2-12)30-10-15(32-24(28)29)11-31-23(26)27/h1-7,9,15-16H,8,10-11,20H2,(H,22,25). The Kier molecular flexibility index (Phi) is 7.88. The van der Waals surface area contributed by atoms with E-state index in [0.29, 0.717) is 16.3 Å². The molecule has 3 rings (SSSR count). The number of anilines is 1. The van der Waals surface area contributed by atoms with E-state index >= 15 is 0 Å². The summed E-state index contributed by atoms with van der Waals surface area (Å²) in [5.41, 5.74) is 6.47. The molecule has 0 saturated heterocycles. The number of benzene rings is 1. The van der Waals surface area contributed by atoms with Gasteiger partial charge in [0, 0.05) is 18.9 Å². The maximum absolute atomic E-state index is 12.8. The van der Waals surface area contributed by atoms with Crippen molar-refractivity contribution in [3.8, 4) is 5.75 Å². The van der Waals surface area contributed by atoms with Gasteiger partial charge in [-0.25, -0.2) is 0 Å². The first-order valence-corrected chi connectivity index (χ1v) is 10.3. The van der Waals surface area contributed by atoms with Gasteiger partial charge < -0.3 is 25.5 Å². The number of hydrogen-bond donors (Lipinski definition) is 2. The van der Waals surface area contributed by atoms with Crippen LogP contribution in [0.1, 0.15) is 11.5 Å². The molecule has 0 aliphatic rings. The molecule has 0 saturated carbocycles. The number of nitrogens with one attached hydrogen (secondary N) is 1. The lowest BCUT2D eigenvalue weighted by Gasteiger charge is -2.17. The second kappa shape index (κ2) is 11.0. The highest BCUT2D eigenvalue weighted by Crippen LogP contribution is 2.30. The molecule has 13 nitrogen and oxygen atoms in total. The van der Waals surface area contributed by atoms with Crippen LogP contribution in [0.4, 0.5) is 5.00 Å². The van der Waals surface area contributed by atoms with Crippen molar-refractivity contribution in [3.63, 3.8) is 0 Å². The first-order chi connectivity index (χ1) is 15.9. The van der Waals surface area contributed by atoms with Gasteiger partial charge in [0.2, 0.25) is 5.91 Å². The normalized spacial score (nSPS) is 12.5. The van der Waals surface area contributed by atoms with Crippen LogP contribution in [0, 0.1) is 20.2 Å². The van der Waals surface area contributed by atoms with Gasteiger partial charge in [-0.2, -0.15) is 0 Å². The molecule has 2 atom stereocenters. The van der Waals surface area contributed by atoms with E-state index in [4.69, 9.17) is 10.5 Å². The zero-order chi connectivity index (χ0) is 23.8. The molecule has 2 unspecified atom stereocenters. The molecule has 0 spiro atoms. The molecule has 1 aromatic carbocycles. The first-order valence-electron chi connectivity index (χ1n) is 9.51. The summed E-state index contributed by atoms with van der Waals surface area (Å²) in [6, 6.07) is 10.1. The number of nitrogens with zero attached hydrogens (tertiary/aromatic N) is 3. The molecular formula is C19H19N5O8S. The van der Waals surface area contributed by atoms with Gasteiger partial charge in [0.1, 0.15) is 19.0 Å². The molecule has 2 aromatic heterocycles. The van der Waals surface area contributed by atoms with Gasteiger partial charge in [0.25, 0.3) is 10.2 Å². The van der Waals surface area contributed by atoms with Crippen LogP contribution in [-0.2, 0) is 14.5 Å². The number of carbonyl (C=O) groups is 1. The van der Waals surface area contributed by atoms with Crippen molar-refractivity contribution in [1.29, 1.82) is 0 Å². The van der Waals surface area contributed by atoms with Crippen molar-refractivity contribution in [1.82, 2.24) is 4.98 Å². The lowest BCUT2D eigenvalue weighted by molar-refractivity contribution is -0.790. The number of nitrogens with two attached hydrogens (primary N) is 1. The Hall–Kier alpha value is -4.04. The van der Waals surface area contributed by atoms with Crippen LogP contribution < -0.4 is 15.8 Å². The average Bonchev–Trinajstić information content (AvgIpc) is 3.19. The Bertz CT molecular complexity index is 1090. The Morgan fingerprint density at radius 1 is 1.15 bits per heavy atom. The number of hydrogen-bond acceptors (Lipinski definition) is 11. The van der Waals surface area contributed by atoms with Crippen molar-refractivity contribution in [3.05, 3.63) is 74.6 Å². The minimum absolute atomic E-state index is 0.0649. The van der Waals surface area contributed by atoms with E-state index in [1.807, 2.05) is 12.1 Å². The number of fused-ring (bicyclic) bond motifs is 1. The van der Waals surface area contributed by atoms with Gasteiger partial charge in [-0.1, -0.05) is 12.1 Å². The summed E-state index contributed by atoms with van der Waals surface area (Å²) in [5, 5.41) is 23.1. The zero-order valence-corrected chi connectivity index (χ0v) is 17.8. The molecule has 0 radical (unpaired) electrons. The Morgan fingerprint density at radius 3 is 2.55 bits per heavy atom. The molecule has 0 aliphatic carbocycles. The van der Waals surface area contributed by atoms with Crippen molar-refractivity contribution < 1.29 is 29.4 Å². The molecule has 2 heterocycles. The summed E-state index contributed by atoms with van der Waals surface area (Å²) in [6.45, 7) is -0.972. The maximum atomic E-state index is 12.8. The topological polar surface area (TPSA) is 182 Å². The molecule has 1 amide bonds. The fourth-order valence-corrected chi connectivity index (χ4v) is 3.84. The summed E-state index contributed by atoms with van der Waals surface area (Å²) >= 11 is 1.40. The predicted molar refractivity (Wildman–Crippen MR) is 117 cm³/mol. The molecular weight excluding hydrogens is 458 g/mol. The van der Waals surface area contributed by atoms with E-state index in [1.165, 1.54) is 11.3 Å². The van der Waals surface area contributed by atoms with Crippen molar-refractivity contribution in [2.24, 2.45) is 5.73 Å². The highest BCUT2D eigenvalue weighted by molar-refractivity contribution is 7.22. The van der Waals surface area contributed by atoms with E-state index in [0.717, 1.165) is 10.1 Å². The van der Waals surface area contributed by atoms with Gasteiger partial charge in [0.05, 0.1) is 15.6 Å². The number of rotatable bonds is 12. The fourth-order valence-electron chi connectivity index (χ4n) is 2.91. The molecule has 14 heteroatoms. The van der Waals surface area contributed by atoms with Crippen molar-refractivity contribution in [2.75, 3.05) is 25.1 Å². The molecule has 0 fully saturated rings. The minimum Gasteiger partial charge on any atom is -0.491 e. The number of amides is 1. The smallest absolute Gasteiger partial charge is 0.294 e. The van der Waals surface area contributed by atoms with E-state index in [2.05, 4.69) is 20.0 Å². The molecule has 174 valence electrons. The number of carbonyl (C=O) groups excluding carboxylic acids is 1. The van der Waals surface area contributed by atoms with Crippen LogP contribution in [0.15, 0.2) is 48.8 Å². The van der Waals surface area contributed by atoms with E-state index < -0.39 is 28.8 Å². The van der Waals surface area contributed by atoms with Crippen LogP contribution in [0.25, 0.3) is 10.1 Å². The molecule has 0 bridgehead atoms. The first kappa shape index (κ1) is 23.6. The predicted octanol–water partition coefficient (Wildman–Crippen LogP) is 2.14. The quantitative estimate of drug-likeness (QED) is 0.289. The number of pyridine rings is 1. The van der Waals surface area contributed by atoms with Crippen LogP contribution in [0.5, 0.6) is 5.75 Å². The average molecular weight is 477 g/mol. The van der Waals surface area contributed by atoms with Gasteiger partial charge >= 0.3 is 0 Å². The third-order valence-corrected chi connectivity index (χ3v) is 5.44. The van der Waals surface area contributed by atoms with Crippen molar-refractivity contribution >= 4 is 32.3 Å². The second-order valence-electron chi connectivity index (χ2n) is 6.65. The van der Waals surface area contributed by atoms with Crippen LogP contribution in [0.2, 0.25) is 0 Å². The van der Waals surface area contributed by atoms with Crippen molar-refractivity contribution in [2.45, 2.75) is 12.0 Å². The molecule has 0 aliphatic heterocycles. The monoisotopic (exact) mass is 477 g/mol. The lowest BCUT2D eigenvalue weighted by atomic mass is 9.98. The number of aromatic nitrogens is 1. The Balaban J connectivity index is 1.61. The third-order valence-electron chi connectivity index (χ3n) is 4.44. The second-order valence-corrected chi connectivity index (χ2v) is 7.74. The maximum Gasteiger partial charge on any atom is 0.294 e. The van der Waals surface area contributed by atoms with Crippen LogP contribution in [-0.4, -0.2) is 46.9 Å². The fraction of sp³-hybridized carbons (Fsp3) is 0.263. The van der Waals surface area contributed by atoms with Gasteiger partial charge in [0.15, 0.2) is 6.10 Å². The SMILES string of the molecule is NCC(C(=O)Nc1cc2ccncc2s1)c1ccc(OCC(CO[N+](=O)[O-])O[N+](=O)[O-])cc1. The van der Waals surface area contributed by atoms with Gasteiger partial charge in [-0.15, -0.1) is 31.6 Å². The lowest BCUT2D eigenvalue weighted by Crippen LogP contribution is -2.30. The van der Waals surface area contributed by atoms with Gasteiger partial charge in [-0.3, -0.25) is 9.78 Å². The number of thiophene rings is 1. The highest BCUT2D eigenvalue weighted by atomic mass is 32.1. The molecule has 33 heavy (non-hydrogen) atoms. The largest absolute Gasteiger partial charge is 0.491 e. The van der Waals surface area contributed by atoms with Crippen LogP contribution >= 0.6 is 11.3 Å². The minimum atomic E-state index is -1.30. The van der Waals surface area contributed by atoms with Gasteiger partial charge in [-0.05, 0) is 35.2 Å². The summed E-state index contributed by atoms with van der Waals surface area (Å²) < 4.78 is 6.34. The van der Waals surface area contributed by atoms with E-state index in [1.54, 1.807) is 36.7 Å². The summed E-state index contributed by atoms with van der Waals surface area (Å²) in [7, 11) is 0. The molecule has 3 N–H and O–H groups in total. The Labute approximate surface area is 190 Å². The number of ether oxygens (including phenoxy) is 1. The van der Waals surface area contributed by atoms with Crippen LogP contribution in [0.3, 0.4) is 0 Å². The highest BCUT2D eigenvalue weighted by Gasteiger charge is 2.21. The Morgan fingerprint density at radius 2 is 1.91 bits per heavy atom. The molecule has 3 aromatic rings. The summed E-state index contributed by atoms with van der Waals surface area (Å²) in [4.78, 5) is 46.0. The summed E-state index contributed by atoms with van der Waals surface area (Å²) in [5.74, 6) is -0.589. The van der Waals surface area contributed by atoms with E-state index in [-0.39, 0.29) is 19.1 Å².